The Balaban J connectivity index is 2.56. The Labute approximate surface area is 201 Å². The van der Waals surface area contributed by atoms with E-state index in [9.17, 15) is 44.3 Å². The molecule has 35 heavy (non-hydrogen) atoms. The Morgan fingerprint density at radius 1 is 0.800 bits per heavy atom. The molecule has 14 heteroatoms. The maximum Gasteiger partial charge on any atom is 0.471 e. The maximum atomic E-state index is 12.7. The zero-order chi connectivity index (χ0) is 27.1. The molecular weight excluding hydrogens is 526 g/mol. The van der Waals surface area contributed by atoms with E-state index in [4.69, 9.17) is 10.7 Å². The molecule has 0 fully saturated rings. The first-order valence-electron chi connectivity index (χ1n) is 9.67. The lowest BCUT2D eigenvalue weighted by molar-refractivity contribution is -0.167. The van der Waals surface area contributed by atoms with Crippen molar-refractivity contribution in [2.75, 3.05) is 10.6 Å². The van der Waals surface area contributed by atoms with Gasteiger partial charge < -0.3 is 10.6 Å². The Morgan fingerprint density at radius 2 is 1.20 bits per heavy atom. The van der Waals surface area contributed by atoms with Crippen LogP contribution >= 0.6 is 10.7 Å². The number of nitrogens with one attached hydrogen (secondary N) is 2. The van der Waals surface area contributed by atoms with E-state index in [0.717, 1.165) is 0 Å². The van der Waals surface area contributed by atoms with Gasteiger partial charge in [-0.2, -0.15) is 26.3 Å². The van der Waals surface area contributed by atoms with Gasteiger partial charge in [0.2, 0.25) is 0 Å². The number of carbonyl (C=O) groups excluding carboxylic acids is 2. The molecule has 2 amide bonds. The minimum atomic E-state index is -5.21. The van der Waals surface area contributed by atoms with Gasteiger partial charge in [0.05, 0.1) is 4.90 Å². The lowest BCUT2D eigenvalue weighted by Gasteiger charge is -2.19. The van der Waals surface area contributed by atoms with Gasteiger partial charge in [-0.25, -0.2) is 8.42 Å². The van der Waals surface area contributed by atoms with Gasteiger partial charge in [0.1, 0.15) is 0 Å². The van der Waals surface area contributed by atoms with Crippen molar-refractivity contribution in [3.8, 4) is 0 Å². The van der Waals surface area contributed by atoms with E-state index in [0.29, 0.717) is 5.56 Å². The summed E-state index contributed by atoms with van der Waals surface area (Å²) in [5.74, 6) is -4.45. The predicted molar refractivity (Wildman–Crippen MR) is 117 cm³/mol. The maximum absolute atomic E-state index is 12.7. The summed E-state index contributed by atoms with van der Waals surface area (Å²) in [7, 11) is 1.06. The topological polar surface area (TPSA) is 92.3 Å². The van der Waals surface area contributed by atoms with Gasteiger partial charge in [0, 0.05) is 22.1 Å². The fourth-order valence-corrected chi connectivity index (χ4v) is 5.21. The monoisotopic (exact) mass is 544 g/mol. The predicted octanol–water partition coefficient (Wildman–Crippen LogP) is 5.44. The molecule has 0 saturated carbocycles. The largest absolute Gasteiger partial charge is 0.471 e. The summed E-state index contributed by atoms with van der Waals surface area (Å²) in [5, 5.41) is 3.45. The van der Waals surface area contributed by atoms with E-state index >= 15 is 0 Å². The summed E-state index contributed by atoms with van der Waals surface area (Å²) < 4.78 is 101. The van der Waals surface area contributed by atoms with Gasteiger partial charge in [-0.15, -0.1) is 0 Å². The lowest BCUT2D eigenvalue weighted by Crippen LogP contribution is -2.30. The quantitative estimate of drug-likeness (QED) is 0.387. The highest BCUT2D eigenvalue weighted by atomic mass is 35.7. The standard InChI is InChI=1S/C21H19ClF6N2O4S/c1-9-5-13(6-10(2)15(9)29-18(31)20(23,24)25)8-14-7-11(3)16(30-19(32)21(26,27)28)12(4)17(14)35(22,33)34/h5-7H,8H2,1-4H3,(H,29,31)(H,30,32). The lowest BCUT2D eigenvalue weighted by atomic mass is 9.95. The Kier molecular flexibility index (Phi) is 7.87. The first-order valence-corrected chi connectivity index (χ1v) is 12.0. The first-order chi connectivity index (χ1) is 15.7. The van der Waals surface area contributed by atoms with Gasteiger partial charge in [-0.05, 0) is 67.5 Å². The molecular formula is C21H19ClF6N2O4S. The highest BCUT2D eigenvalue weighted by molar-refractivity contribution is 8.13. The molecule has 192 valence electrons. The minimum Gasteiger partial charge on any atom is -0.318 e. The summed E-state index contributed by atoms with van der Waals surface area (Å²) in [6.07, 6.45) is -10.4. The second-order valence-corrected chi connectivity index (χ2v) is 10.3. The van der Waals surface area contributed by atoms with Crippen LogP contribution in [0.15, 0.2) is 23.1 Å². The third-order valence-corrected chi connectivity index (χ3v) is 6.53. The van der Waals surface area contributed by atoms with Gasteiger partial charge in [-0.1, -0.05) is 18.2 Å². The van der Waals surface area contributed by atoms with E-state index in [1.807, 2.05) is 0 Å². The van der Waals surface area contributed by atoms with Crippen LogP contribution in [0.3, 0.4) is 0 Å². The molecule has 0 aliphatic carbocycles. The van der Waals surface area contributed by atoms with E-state index in [-0.39, 0.29) is 45.6 Å². The minimum absolute atomic E-state index is 0.0705. The first kappa shape index (κ1) is 28.4. The molecule has 2 aromatic carbocycles. The molecule has 0 unspecified atom stereocenters. The molecule has 6 nitrogen and oxygen atoms in total. The number of rotatable bonds is 5. The van der Waals surface area contributed by atoms with Gasteiger partial charge in [0.25, 0.3) is 9.05 Å². The number of alkyl halides is 6. The van der Waals surface area contributed by atoms with Crippen molar-refractivity contribution >= 4 is 42.9 Å². The Morgan fingerprint density at radius 3 is 1.60 bits per heavy atom. The fourth-order valence-electron chi connectivity index (χ4n) is 3.65. The molecule has 0 atom stereocenters. The number of hydrogen-bond acceptors (Lipinski definition) is 4. The van der Waals surface area contributed by atoms with Crippen LogP contribution in [0.5, 0.6) is 0 Å². The third kappa shape index (κ3) is 6.66. The number of aryl methyl sites for hydroxylation is 3. The number of amides is 2. The van der Waals surface area contributed by atoms with Crippen LogP contribution in [-0.2, 0) is 25.1 Å². The number of benzene rings is 2. The van der Waals surface area contributed by atoms with Crippen LogP contribution in [0, 0.1) is 27.7 Å². The molecule has 2 aromatic rings. The number of hydrogen-bond donors (Lipinski definition) is 2. The zero-order valence-electron chi connectivity index (χ0n) is 18.6. The van der Waals surface area contributed by atoms with Gasteiger partial charge in [-0.3, -0.25) is 9.59 Å². The summed E-state index contributed by atoms with van der Waals surface area (Å²) in [6.45, 7) is 5.42. The number of halogens is 7. The van der Waals surface area contributed by atoms with Crippen molar-refractivity contribution in [1.29, 1.82) is 0 Å². The van der Waals surface area contributed by atoms with E-state index in [1.54, 1.807) is 10.6 Å². The van der Waals surface area contributed by atoms with Crippen molar-refractivity contribution in [2.24, 2.45) is 0 Å². The Hall–Kier alpha value is -2.80. The average molecular weight is 545 g/mol. The molecule has 0 saturated heterocycles. The second-order valence-electron chi connectivity index (χ2n) is 7.80. The van der Waals surface area contributed by atoms with Crippen LogP contribution in [0.2, 0.25) is 0 Å². The summed E-state index contributed by atoms with van der Waals surface area (Å²) in [6, 6.07) is 4.10. The fraction of sp³-hybridized carbons (Fsp3) is 0.333. The highest BCUT2D eigenvalue weighted by Crippen LogP contribution is 2.35. The van der Waals surface area contributed by atoms with Crippen LogP contribution in [0.4, 0.5) is 37.7 Å². The van der Waals surface area contributed by atoms with Crippen molar-refractivity contribution in [3.05, 3.63) is 51.6 Å². The van der Waals surface area contributed by atoms with Crippen LogP contribution < -0.4 is 10.6 Å². The molecule has 2 rings (SSSR count). The normalized spacial score (nSPS) is 12.4. The SMILES string of the molecule is Cc1cc(Cc2cc(C)c(NC(=O)C(F)(F)F)c(C)c2S(=O)(=O)Cl)cc(C)c1NC(=O)C(F)(F)F. The molecule has 0 radical (unpaired) electrons. The molecule has 0 aliphatic rings. The molecule has 0 aromatic heterocycles. The third-order valence-electron chi connectivity index (χ3n) is 5.02. The smallest absolute Gasteiger partial charge is 0.318 e. The van der Waals surface area contributed by atoms with E-state index in [1.165, 1.54) is 45.9 Å². The van der Waals surface area contributed by atoms with Gasteiger partial charge in [0.15, 0.2) is 0 Å². The van der Waals surface area contributed by atoms with Gasteiger partial charge >= 0.3 is 24.2 Å². The Bertz CT molecular complexity index is 1280. The zero-order valence-corrected chi connectivity index (χ0v) is 20.2. The molecule has 0 heterocycles. The molecule has 0 bridgehead atoms. The summed E-state index contributed by atoms with van der Waals surface area (Å²) in [4.78, 5) is 22.2. The summed E-state index contributed by atoms with van der Waals surface area (Å²) >= 11 is 0. The molecule has 2 N–H and O–H groups in total. The molecule has 0 aliphatic heterocycles. The highest BCUT2D eigenvalue weighted by Gasteiger charge is 2.40. The van der Waals surface area contributed by atoms with Crippen molar-refractivity contribution in [3.63, 3.8) is 0 Å². The number of anilines is 2. The van der Waals surface area contributed by atoms with Crippen molar-refractivity contribution in [1.82, 2.24) is 0 Å². The average Bonchev–Trinajstić information content (AvgIpc) is 2.64. The van der Waals surface area contributed by atoms with E-state index in [2.05, 4.69) is 0 Å². The second kappa shape index (κ2) is 9.69. The summed E-state index contributed by atoms with van der Waals surface area (Å²) in [5.41, 5.74) is 0.512. The van der Waals surface area contributed by atoms with Crippen LogP contribution in [-0.4, -0.2) is 32.6 Å². The number of carbonyl (C=O) groups is 2. The van der Waals surface area contributed by atoms with Crippen molar-refractivity contribution in [2.45, 2.75) is 51.4 Å². The van der Waals surface area contributed by atoms with Crippen LogP contribution in [0.25, 0.3) is 0 Å². The molecule has 0 spiro atoms. The van der Waals surface area contributed by atoms with Crippen molar-refractivity contribution < 1.29 is 44.3 Å². The van der Waals surface area contributed by atoms with E-state index < -0.39 is 38.1 Å². The van der Waals surface area contributed by atoms with Crippen LogP contribution in [0.1, 0.15) is 33.4 Å².